The number of halogens is 2. The first-order valence-corrected chi connectivity index (χ1v) is 5.82. The number of benzene rings is 1. The van der Waals surface area contributed by atoms with Gasteiger partial charge in [0.2, 0.25) is 0 Å². The van der Waals surface area contributed by atoms with Gasteiger partial charge >= 0.3 is 0 Å². The summed E-state index contributed by atoms with van der Waals surface area (Å²) in [5.74, 6) is 0.205. The van der Waals surface area contributed by atoms with E-state index in [1.807, 2.05) is 30.3 Å². The van der Waals surface area contributed by atoms with Crippen molar-refractivity contribution in [2.45, 2.75) is 18.9 Å². The molecule has 3 nitrogen and oxygen atoms in total. The summed E-state index contributed by atoms with van der Waals surface area (Å²) in [4.78, 5) is 14.1. The van der Waals surface area contributed by atoms with Crippen molar-refractivity contribution in [2.75, 3.05) is 19.6 Å². The van der Waals surface area contributed by atoms with Crippen LogP contribution in [0.3, 0.4) is 0 Å². The van der Waals surface area contributed by atoms with Crippen molar-refractivity contribution >= 4 is 30.6 Å². The summed E-state index contributed by atoms with van der Waals surface area (Å²) in [6, 6.07) is 9.80. The Kier molecular flexibility index (Phi) is 8.20. The maximum atomic E-state index is 11.9. The average molecular weight is 291 g/mol. The van der Waals surface area contributed by atoms with E-state index < -0.39 is 0 Å². The van der Waals surface area contributed by atoms with Crippen LogP contribution in [0.1, 0.15) is 23.2 Å². The first kappa shape index (κ1) is 17.4. The molecule has 18 heavy (non-hydrogen) atoms. The summed E-state index contributed by atoms with van der Waals surface area (Å²) in [6.07, 6.45) is 2.00. The van der Waals surface area contributed by atoms with Crippen molar-refractivity contribution in [1.82, 2.24) is 4.90 Å². The largest absolute Gasteiger partial charge is 0.328 e. The van der Waals surface area contributed by atoms with Crippen LogP contribution < -0.4 is 5.73 Å². The fourth-order valence-corrected chi connectivity index (χ4v) is 2.03. The van der Waals surface area contributed by atoms with Gasteiger partial charge < -0.3 is 5.73 Å². The second-order valence-electron chi connectivity index (χ2n) is 4.40. The summed E-state index contributed by atoms with van der Waals surface area (Å²) in [6.45, 7) is 2.41. The first-order chi connectivity index (χ1) is 7.75. The minimum Gasteiger partial charge on any atom is -0.328 e. The Morgan fingerprint density at radius 1 is 1.17 bits per heavy atom. The molecular weight excluding hydrogens is 271 g/mol. The lowest BCUT2D eigenvalue weighted by Gasteiger charge is -2.29. The molecule has 0 amide bonds. The third-order valence-electron chi connectivity index (χ3n) is 3.10. The molecule has 0 aromatic heterocycles. The molecule has 1 aromatic rings. The fraction of sp³-hybridized carbons (Fsp3) is 0.462. The van der Waals surface area contributed by atoms with E-state index in [-0.39, 0.29) is 30.6 Å². The Bertz CT molecular complexity index is 351. The maximum Gasteiger partial charge on any atom is 0.176 e. The molecule has 1 saturated heterocycles. The molecule has 0 saturated carbocycles. The number of carbonyl (C=O) groups is 1. The highest BCUT2D eigenvalue weighted by Crippen LogP contribution is 2.09. The predicted octanol–water partition coefficient (Wildman–Crippen LogP) is 2.14. The van der Waals surface area contributed by atoms with Gasteiger partial charge in [0.15, 0.2) is 5.78 Å². The highest BCUT2D eigenvalue weighted by molar-refractivity contribution is 5.97. The predicted molar refractivity (Wildman–Crippen MR) is 78.9 cm³/mol. The van der Waals surface area contributed by atoms with Gasteiger partial charge in [-0.2, -0.15) is 0 Å². The molecule has 0 spiro atoms. The smallest absolute Gasteiger partial charge is 0.176 e. The minimum absolute atomic E-state index is 0. The van der Waals surface area contributed by atoms with Gasteiger partial charge in [0, 0.05) is 24.7 Å². The average Bonchev–Trinajstić information content (AvgIpc) is 2.33. The van der Waals surface area contributed by atoms with E-state index in [9.17, 15) is 4.79 Å². The lowest BCUT2D eigenvalue weighted by molar-refractivity contribution is 0.0910. The van der Waals surface area contributed by atoms with E-state index in [2.05, 4.69) is 4.90 Å². The zero-order chi connectivity index (χ0) is 11.4. The molecule has 0 radical (unpaired) electrons. The van der Waals surface area contributed by atoms with E-state index in [0.717, 1.165) is 31.5 Å². The lowest BCUT2D eigenvalue weighted by atomic mass is 10.0. The number of hydrogen-bond donors (Lipinski definition) is 1. The van der Waals surface area contributed by atoms with Crippen LogP contribution in [0, 0.1) is 0 Å². The number of carbonyl (C=O) groups excluding carboxylic acids is 1. The van der Waals surface area contributed by atoms with Crippen LogP contribution in [-0.2, 0) is 0 Å². The highest BCUT2D eigenvalue weighted by atomic mass is 35.5. The van der Waals surface area contributed by atoms with Gasteiger partial charge in [-0.05, 0) is 12.8 Å². The molecule has 2 rings (SSSR count). The van der Waals surface area contributed by atoms with Crippen molar-refractivity contribution in [1.29, 1.82) is 0 Å². The van der Waals surface area contributed by atoms with Crippen LogP contribution in [0.2, 0.25) is 0 Å². The Hall–Kier alpha value is -0.610. The second kappa shape index (κ2) is 8.48. The SMILES string of the molecule is Cl.Cl.NC1CCN(CC(=O)c2ccccc2)CC1. The molecule has 1 aliphatic rings. The van der Waals surface area contributed by atoms with E-state index in [1.165, 1.54) is 0 Å². The van der Waals surface area contributed by atoms with Crippen LogP contribution in [0.15, 0.2) is 30.3 Å². The van der Waals surface area contributed by atoms with Crippen molar-refractivity contribution in [3.05, 3.63) is 35.9 Å². The van der Waals surface area contributed by atoms with E-state index in [0.29, 0.717) is 12.6 Å². The van der Waals surface area contributed by atoms with Gasteiger partial charge in [-0.3, -0.25) is 9.69 Å². The molecule has 2 N–H and O–H groups in total. The van der Waals surface area contributed by atoms with Gasteiger partial charge in [0.1, 0.15) is 0 Å². The van der Waals surface area contributed by atoms with E-state index >= 15 is 0 Å². The van der Waals surface area contributed by atoms with Crippen LogP contribution in [0.25, 0.3) is 0 Å². The third kappa shape index (κ3) is 4.94. The van der Waals surface area contributed by atoms with Crippen molar-refractivity contribution < 1.29 is 4.79 Å². The Balaban J connectivity index is 0.00000144. The summed E-state index contributed by atoms with van der Waals surface area (Å²) in [7, 11) is 0. The maximum absolute atomic E-state index is 11.9. The topological polar surface area (TPSA) is 46.3 Å². The first-order valence-electron chi connectivity index (χ1n) is 5.82. The molecule has 1 aromatic carbocycles. The molecule has 102 valence electrons. The highest BCUT2D eigenvalue weighted by Gasteiger charge is 2.18. The standard InChI is InChI=1S/C13H18N2O.2ClH/c14-12-6-8-15(9-7-12)10-13(16)11-4-2-1-3-5-11;;/h1-5,12H,6-10,14H2;2*1H. The van der Waals surface area contributed by atoms with Crippen LogP contribution in [0.4, 0.5) is 0 Å². The van der Waals surface area contributed by atoms with E-state index in [4.69, 9.17) is 5.73 Å². The molecule has 5 heteroatoms. The van der Waals surface area contributed by atoms with Crippen LogP contribution >= 0.6 is 24.8 Å². The number of Topliss-reactive ketones (excluding diaryl/α,β-unsaturated/α-hetero) is 1. The quantitative estimate of drug-likeness (QED) is 0.868. The Labute approximate surface area is 121 Å². The number of nitrogens with two attached hydrogens (primary N) is 1. The number of hydrogen-bond acceptors (Lipinski definition) is 3. The molecular formula is C13H20Cl2N2O. The van der Waals surface area contributed by atoms with Crippen LogP contribution in [-0.4, -0.2) is 36.4 Å². The Morgan fingerprint density at radius 2 is 1.72 bits per heavy atom. The van der Waals surface area contributed by atoms with Crippen LogP contribution in [0.5, 0.6) is 0 Å². The number of likely N-dealkylation sites (tertiary alicyclic amines) is 1. The summed E-state index contributed by atoms with van der Waals surface area (Å²) in [5, 5.41) is 0. The van der Waals surface area contributed by atoms with Gasteiger partial charge in [0.25, 0.3) is 0 Å². The summed E-state index contributed by atoms with van der Waals surface area (Å²) < 4.78 is 0. The Morgan fingerprint density at radius 3 is 2.28 bits per heavy atom. The van der Waals surface area contributed by atoms with Crippen molar-refractivity contribution in [3.63, 3.8) is 0 Å². The minimum atomic E-state index is 0. The number of piperidine rings is 1. The number of rotatable bonds is 3. The second-order valence-corrected chi connectivity index (χ2v) is 4.40. The molecule has 0 bridgehead atoms. The third-order valence-corrected chi connectivity index (χ3v) is 3.10. The summed E-state index contributed by atoms with van der Waals surface area (Å²) >= 11 is 0. The summed E-state index contributed by atoms with van der Waals surface area (Å²) in [5.41, 5.74) is 6.63. The van der Waals surface area contributed by atoms with Gasteiger partial charge in [-0.1, -0.05) is 30.3 Å². The lowest BCUT2D eigenvalue weighted by Crippen LogP contribution is -2.41. The molecule has 1 fully saturated rings. The van der Waals surface area contributed by atoms with Gasteiger partial charge in [-0.25, -0.2) is 0 Å². The van der Waals surface area contributed by atoms with Gasteiger partial charge in [-0.15, -0.1) is 24.8 Å². The normalized spacial score (nSPS) is 16.5. The molecule has 1 heterocycles. The zero-order valence-electron chi connectivity index (χ0n) is 10.2. The molecule has 1 aliphatic heterocycles. The van der Waals surface area contributed by atoms with Crippen molar-refractivity contribution in [3.8, 4) is 0 Å². The van der Waals surface area contributed by atoms with Crippen molar-refractivity contribution in [2.24, 2.45) is 5.73 Å². The monoisotopic (exact) mass is 290 g/mol. The molecule has 0 aliphatic carbocycles. The van der Waals surface area contributed by atoms with Gasteiger partial charge in [0.05, 0.1) is 6.54 Å². The number of ketones is 1. The number of nitrogens with zero attached hydrogens (tertiary/aromatic N) is 1. The molecule has 0 unspecified atom stereocenters. The molecule has 0 atom stereocenters. The van der Waals surface area contributed by atoms with E-state index in [1.54, 1.807) is 0 Å². The zero-order valence-corrected chi connectivity index (χ0v) is 11.9. The fourth-order valence-electron chi connectivity index (χ4n) is 2.03.